The predicted octanol–water partition coefficient (Wildman–Crippen LogP) is -2.29. The molecule has 0 aromatic rings. The Labute approximate surface area is 194 Å². The van der Waals surface area contributed by atoms with Crippen molar-refractivity contribution in [3.8, 4) is 0 Å². The van der Waals surface area contributed by atoms with Crippen molar-refractivity contribution in [3.63, 3.8) is 0 Å². The topological polar surface area (TPSA) is 241 Å². The van der Waals surface area contributed by atoms with Gasteiger partial charge in [0.25, 0.3) is 0 Å². The molecule has 0 heterocycles. The molecule has 0 aromatic carbocycles. The number of carboxylic acids is 1. The molecule has 0 saturated carbocycles. The first-order valence-corrected chi connectivity index (χ1v) is 11.1. The Morgan fingerprint density at radius 3 is 2.21 bits per heavy atom. The van der Waals surface area contributed by atoms with Crippen LogP contribution in [0.2, 0.25) is 0 Å². The van der Waals surface area contributed by atoms with Crippen LogP contribution in [-0.4, -0.2) is 72.5 Å². The quantitative estimate of drug-likeness (QED) is 0.0644. The zero-order valence-electron chi connectivity index (χ0n) is 19.5. The van der Waals surface area contributed by atoms with E-state index in [1.54, 1.807) is 6.92 Å². The van der Waals surface area contributed by atoms with Crippen molar-refractivity contribution in [2.45, 2.75) is 70.5 Å². The standard InChI is InChI=1S/C20H40N8O5/c1-3-12(2)16(18(31)27-14(19(32)33)8-4-5-9-21)28-15(29)11-26-17(30)13(22)7-6-10-25-20(23)24/h12-14,16H,3-11,21-22H2,1-2H3,(H,26,30)(H,27,31)(H,28,29)(H,32,33)(H4,23,24,25). The molecule has 0 bridgehead atoms. The van der Waals surface area contributed by atoms with Crippen molar-refractivity contribution in [3.05, 3.63) is 0 Å². The van der Waals surface area contributed by atoms with Crippen LogP contribution in [0.25, 0.3) is 0 Å². The number of aliphatic carboxylic acids is 1. The summed E-state index contributed by atoms with van der Waals surface area (Å²) in [5, 5.41) is 16.9. The lowest BCUT2D eigenvalue weighted by molar-refractivity contribution is -0.142. The lowest BCUT2D eigenvalue weighted by atomic mass is 9.97. The summed E-state index contributed by atoms with van der Waals surface area (Å²) < 4.78 is 0. The van der Waals surface area contributed by atoms with Gasteiger partial charge in [-0.25, -0.2) is 4.79 Å². The smallest absolute Gasteiger partial charge is 0.326 e. The molecule has 190 valence electrons. The highest BCUT2D eigenvalue weighted by atomic mass is 16.4. The van der Waals surface area contributed by atoms with E-state index in [4.69, 9.17) is 22.9 Å². The second kappa shape index (κ2) is 16.7. The molecule has 0 rings (SSSR count). The molecular weight excluding hydrogens is 432 g/mol. The largest absolute Gasteiger partial charge is 0.480 e. The Morgan fingerprint density at radius 2 is 1.67 bits per heavy atom. The number of carboxylic acid groups (broad SMARTS) is 1. The molecule has 0 radical (unpaired) electrons. The molecule has 13 heteroatoms. The molecule has 3 amide bonds. The predicted molar refractivity (Wildman–Crippen MR) is 125 cm³/mol. The van der Waals surface area contributed by atoms with Crippen LogP contribution in [0.5, 0.6) is 0 Å². The number of hydrogen-bond acceptors (Lipinski definition) is 7. The van der Waals surface area contributed by atoms with Gasteiger partial charge in [0.1, 0.15) is 12.1 Å². The zero-order valence-corrected chi connectivity index (χ0v) is 19.5. The molecule has 0 saturated heterocycles. The lowest BCUT2D eigenvalue weighted by Crippen LogP contribution is -2.55. The molecule has 0 aliphatic rings. The highest BCUT2D eigenvalue weighted by molar-refractivity contribution is 5.92. The van der Waals surface area contributed by atoms with Crippen molar-refractivity contribution in [2.24, 2.45) is 33.8 Å². The van der Waals surface area contributed by atoms with Gasteiger partial charge in [-0.3, -0.25) is 19.4 Å². The summed E-state index contributed by atoms with van der Waals surface area (Å²) in [5.41, 5.74) is 21.7. The van der Waals surface area contributed by atoms with Crippen LogP contribution in [0.15, 0.2) is 4.99 Å². The van der Waals surface area contributed by atoms with E-state index in [9.17, 15) is 24.3 Å². The second-order valence-electron chi connectivity index (χ2n) is 7.89. The van der Waals surface area contributed by atoms with Gasteiger partial charge in [0.2, 0.25) is 17.7 Å². The molecule has 13 nitrogen and oxygen atoms in total. The number of amides is 3. The number of guanidine groups is 1. The molecule has 0 aliphatic carbocycles. The molecule has 0 aromatic heterocycles. The van der Waals surface area contributed by atoms with Gasteiger partial charge in [-0.1, -0.05) is 20.3 Å². The SMILES string of the molecule is CCC(C)C(NC(=O)CNC(=O)C(N)CCCN=C(N)N)C(=O)NC(CCCCN)C(=O)O. The average molecular weight is 473 g/mol. The number of carbonyl (C=O) groups excluding carboxylic acids is 3. The van der Waals surface area contributed by atoms with Crippen LogP contribution in [-0.2, 0) is 19.2 Å². The molecule has 0 fully saturated rings. The number of aliphatic imine (C=N–C) groups is 1. The fraction of sp³-hybridized carbons (Fsp3) is 0.750. The molecule has 33 heavy (non-hydrogen) atoms. The zero-order chi connectivity index (χ0) is 25.4. The van der Waals surface area contributed by atoms with Gasteiger partial charge in [-0.2, -0.15) is 0 Å². The second-order valence-corrected chi connectivity index (χ2v) is 7.89. The highest BCUT2D eigenvalue weighted by Crippen LogP contribution is 2.10. The van der Waals surface area contributed by atoms with Gasteiger partial charge in [0.05, 0.1) is 12.6 Å². The van der Waals surface area contributed by atoms with Crippen molar-refractivity contribution in [1.29, 1.82) is 0 Å². The summed E-state index contributed by atoms with van der Waals surface area (Å²) in [6, 6.07) is -2.88. The minimum atomic E-state index is -1.16. The van der Waals surface area contributed by atoms with Crippen molar-refractivity contribution in [2.75, 3.05) is 19.6 Å². The van der Waals surface area contributed by atoms with Gasteiger partial charge in [0, 0.05) is 6.54 Å². The van der Waals surface area contributed by atoms with Crippen LogP contribution < -0.4 is 38.9 Å². The first kappa shape index (κ1) is 30.1. The van der Waals surface area contributed by atoms with E-state index >= 15 is 0 Å². The third-order valence-electron chi connectivity index (χ3n) is 5.10. The Kier molecular flexibility index (Phi) is 15.2. The van der Waals surface area contributed by atoms with E-state index in [0.717, 1.165) is 0 Å². The summed E-state index contributed by atoms with van der Waals surface area (Å²) in [6.45, 7) is 3.99. The number of unbranched alkanes of at least 4 members (excludes halogenated alkanes) is 1. The third kappa shape index (κ3) is 13.3. The van der Waals surface area contributed by atoms with Crippen molar-refractivity contribution in [1.82, 2.24) is 16.0 Å². The maximum absolute atomic E-state index is 12.7. The van der Waals surface area contributed by atoms with E-state index in [1.165, 1.54) is 0 Å². The molecule has 0 aliphatic heterocycles. The molecule has 12 N–H and O–H groups in total. The van der Waals surface area contributed by atoms with E-state index in [0.29, 0.717) is 45.2 Å². The first-order chi connectivity index (χ1) is 15.5. The van der Waals surface area contributed by atoms with Crippen LogP contribution in [0, 0.1) is 5.92 Å². The maximum Gasteiger partial charge on any atom is 0.326 e. The Bertz CT molecular complexity index is 669. The monoisotopic (exact) mass is 472 g/mol. The van der Waals surface area contributed by atoms with Gasteiger partial charge in [-0.05, 0) is 44.6 Å². The number of nitrogens with two attached hydrogens (primary N) is 4. The van der Waals surface area contributed by atoms with E-state index in [1.807, 2.05) is 6.92 Å². The average Bonchev–Trinajstić information content (AvgIpc) is 2.76. The van der Waals surface area contributed by atoms with Gasteiger partial charge < -0.3 is 44.0 Å². The van der Waals surface area contributed by atoms with Crippen LogP contribution in [0.4, 0.5) is 0 Å². The van der Waals surface area contributed by atoms with Crippen molar-refractivity contribution < 1.29 is 24.3 Å². The summed E-state index contributed by atoms with van der Waals surface area (Å²) in [4.78, 5) is 52.4. The lowest BCUT2D eigenvalue weighted by Gasteiger charge is -2.25. The minimum absolute atomic E-state index is 0.0465. The van der Waals surface area contributed by atoms with Gasteiger partial charge in [-0.15, -0.1) is 0 Å². The maximum atomic E-state index is 12.7. The number of nitrogens with one attached hydrogen (secondary N) is 3. The highest BCUT2D eigenvalue weighted by Gasteiger charge is 2.29. The number of rotatable bonds is 17. The van der Waals surface area contributed by atoms with E-state index in [2.05, 4.69) is 20.9 Å². The Morgan fingerprint density at radius 1 is 1.00 bits per heavy atom. The van der Waals surface area contributed by atoms with Crippen LogP contribution >= 0.6 is 0 Å². The number of nitrogens with zero attached hydrogens (tertiary/aromatic N) is 1. The molecule has 4 unspecified atom stereocenters. The molecule has 4 atom stereocenters. The Hall–Kier alpha value is -2.93. The van der Waals surface area contributed by atoms with E-state index in [-0.39, 0.29) is 24.8 Å². The first-order valence-electron chi connectivity index (χ1n) is 11.1. The molecule has 0 spiro atoms. The molecular formula is C20H40N8O5. The summed E-state index contributed by atoms with van der Waals surface area (Å²) in [6.07, 6.45) is 2.80. The van der Waals surface area contributed by atoms with Crippen LogP contribution in [0.1, 0.15) is 52.4 Å². The van der Waals surface area contributed by atoms with E-state index < -0.39 is 41.8 Å². The summed E-state index contributed by atoms with van der Waals surface area (Å²) in [7, 11) is 0. The fourth-order valence-electron chi connectivity index (χ4n) is 2.89. The Balaban J connectivity index is 4.79. The third-order valence-corrected chi connectivity index (χ3v) is 5.10. The number of hydrogen-bond donors (Lipinski definition) is 8. The summed E-state index contributed by atoms with van der Waals surface area (Å²) in [5.74, 6) is -3.18. The van der Waals surface area contributed by atoms with Gasteiger partial charge >= 0.3 is 5.97 Å². The normalized spacial score (nSPS) is 14.3. The van der Waals surface area contributed by atoms with Gasteiger partial charge in [0.15, 0.2) is 5.96 Å². The van der Waals surface area contributed by atoms with Crippen molar-refractivity contribution >= 4 is 29.7 Å². The summed E-state index contributed by atoms with van der Waals surface area (Å²) >= 11 is 0. The fourth-order valence-corrected chi connectivity index (χ4v) is 2.89. The minimum Gasteiger partial charge on any atom is -0.480 e. The van der Waals surface area contributed by atoms with Crippen LogP contribution in [0.3, 0.4) is 0 Å². The number of carbonyl (C=O) groups is 4.